The summed E-state index contributed by atoms with van der Waals surface area (Å²) >= 11 is 3.43. The van der Waals surface area contributed by atoms with Crippen molar-refractivity contribution in [3.63, 3.8) is 0 Å². The van der Waals surface area contributed by atoms with Gasteiger partial charge in [-0.25, -0.2) is 0 Å². The molecule has 0 radical (unpaired) electrons. The Bertz CT molecular complexity index is 931. The van der Waals surface area contributed by atoms with E-state index in [9.17, 15) is 4.79 Å². The van der Waals surface area contributed by atoms with E-state index in [0.29, 0.717) is 18.3 Å². The van der Waals surface area contributed by atoms with Crippen LogP contribution in [0.15, 0.2) is 59.1 Å². The number of halogens is 1. The van der Waals surface area contributed by atoms with Crippen LogP contribution in [0.5, 0.6) is 5.75 Å². The van der Waals surface area contributed by atoms with Gasteiger partial charge in [0.05, 0.1) is 12.8 Å². The predicted octanol–water partition coefficient (Wildman–Crippen LogP) is 4.65. The van der Waals surface area contributed by atoms with E-state index in [1.807, 2.05) is 59.5 Å². The number of hydrogen-bond donors (Lipinski definition) is 1. The Morgan fingerprint density at radius 2 is 1.89 bits per heavy atom. The van der Waals surface area contributed by atoms with Crippen LogP contribution in [0.3, 0.4) is 0 Å². The molecule has 138 valence electrons. The molecule has 0 unspecified atom stereocenters. The summed E-state index contributed by atoms with van der Waals surface area (Å²) in [5, 5.41) is 7.24. The summed E-state index contributed by atoms with van der Waals surface area (Å²) in [6.07, 6.45) is 2.10. The molecule has 0 aliphatic heterocycles. The first-order valence-electron chi connectivity index (χ1n) is 8.89. The number of ether oxygens (including phenoxy) is 1. The van der Waals surface area contributed by atoms with E-state index in [2.05, 4.69) is 26.1 Å². The van der Waals surface area contributed by atoms with E-state index in [0.717, 1.165) is 39.9 Å². The number of rotatable bonds is 6. The molecule has 0 spiro atoms. The minimum Gasteiger partial charge on any atom is -0.497 e. The number of aromatic amines is 1. The molecule has 4 rings (SSSR count). The summed E-state index contributed by atoms with van der Waals surface area (Å²) in [6, 6.07) is 17.9. The van der Waals surface area contributed by atoms with Crippen LogP contribution in [0.1, 0.15) is 28.9 Å². The number of nitrogens with one attached hydrogen (secondary N) is 1. The number of benzene rings is 2. The number of aromatic nitrogens is 2. The molecule has 1 N–H and O–H groups in total. The fourth-order valence-electron chi connectivity index (χ4n) is 3.04. The molecule has 6 heteroatoms. The average molecular weight is 426 g/mol. The lowest BCUT2D eigenvalue weighted by Crippen LogP contribution is -2.32. The molecule has 5 nitrogen and oxygen atoms in total. The SMILES string of the molecule is COc1ccc(CN(C(=O)c2cc(-c3ccc(Br)cc3)n[nH]2)C2CC2)cc1. The van der Waals surface area contributed by atoms with Gasteiger partial charge in [-0.15, -0.1) is 0 Å². The Kier molecular flexibility index (Phi) is 4.99. The molecule has 1 aliphatic carbocycles. The van der Waals surface area contributed by atoms with Crippen molar-refractivity contribution < 1.29 is 9.53 Å². The third-order valence-corrected chi connectivity index (χ3v) is 5.24. The molecule has 0 saturated heterocycles. The number of carbonyl (C=O) groups is 1. The minimum absolute atomic E-state index is 0.0100. The molecule has 1 fully saturated rings. The second kappa shape index (κ2) is 7.56. The second-order valence-corrected chi connectivity index (χ2v) is 7.60. The monoisotopic (exact) mass is 425 g/mol. The molecule has 0 atom stereocenters. The molecule has 1 aromatic heterocycles. The van der Waals surface area contributed by atoms with Gasteiger partial charge in [0.15, 0.2) is 0 Å². The Balaban J connectivity index is 1.53. The maximum absolute atomic E-state index is 13.1. The number of amides is 1. The van der Waals surface area contributed by atoms with E-state index in [1.165, 1.54) is 0 Å². The topological polar surface area (TPSA) is 58.2 Å². The zero-order valence-electron chi connectivity index (χ0n) is 15.0. The summed E-state index contributed by atoms with van der Waals surface area (Å²) in [5.74, 6) is 0.805. The van der Waals surface area contributed by atoms with Crippen LogP contribution in [0.25, 0.3) is 11.3 Å². The highest BCUT2D eigenvalue weighted by atomic mass is 79.9. The van der Waals surface area contributed by atoms with Gasteiger partial charge in [-0.1, -0.05) is 40.2 Å². The summed E-state index contributed by atoms with van der Waals surface area (Å²) in [6.45, 7) is 0.583. The van der Waals surface area contributed by atoms with Gasteiger partial charge < -0.3 is 9.64 Å². The summed E-state index contributed by atoms with van der Waals surface area (Å²) in [4.78, 5) is 15.0. The Labute approximate surface area is 166 Å². The number of H-pyrrole nitrogens is 1. The highest BCUT2D eigenvalue weighted by Gasteiger charge is 2.33. The summed E-state index contributed by atoms with van der Waals surface area (Å²) in [7, 11) is 1.65. The molecule has 2 aromatic carbocycles. The fraction of sp³-hybridized carbons (Fsp3) is 0.238. The summed E-state index contributed by atoms with van der Waals surface area (Å²) < 4.78 is 6.22. The van der Waals surface area contributed by atoms with E-state index >= 15 is 0 Å². The fourth-order valence-corrected chi connectivity index (χ4v) is 3.30. The second-order valence-electron chi connectivity index (χ2n) is 6.69. The Hall–Kier alpha value is -2.60. The van der Waals surface area contributed by atoms with Crippen molar-refractivity contribution in [3.05, 3.63) is 70.3 Å². The Morgan fingerprint density at radius 3 is 2.52 bits per heavy atom. The van der Waals surface area contributed by atoms with Crippen LogP contribution in [0, 0.1) is 0 Å². The lowest BCUT2D eigenvalue weighted by Gasteiger charge is -2.22. The third kappa shape index (κ3) is 4.06. The van der Waals surface area contributed by atoms with E-state index < -0.39 is 0 Å². The molecule has 1 amide bonds. The van der Waals surface area contributed by atoms with Crippen LogP contribution in [-0.2, 0) is 6.54 Å². The first-order valence-corrected chi connectivity index (χ1v) is 9.68. The Morgan fingerprint density at radius 1 is 1.19 bits per heavy atom. The van der Waals surface area contributed by atoms with Gasteiger partial charge in [0.2, 0.25) is 0 Å². The maximum atomic E-state index is 13.1. The third-order valence-electron chi connectivity index (χ3n) is 4.71. The van der Waals surface area contributed by atoms with E-state index in [-0.39, 0.29) is 5.91 Å². The van der Waals surface area contributed by atoms with Crippen molar-refractivity contribution >= 4 is 21.8 Å². The van der Waals surface area contributed by atoms with Gasteiger partial charge >= 0.3 is 0 Å². The highest BCUT2D eigenvalue weighted by Crippen LogP contribution is 2.30. The molecule has 27 heavy (non-hydrogen) atoms. The van der Waals surface area contributed by atoms with Crippen molar-refractivity contribution in [1.82, 2.24) is 15.1 Å². The van der Waals surface area contributed by atoms with Gasteiger partial charge in [-0.2, -0.15) is 5.10 Å². The smallest absolute Gasteiger partial charge is 0.272 e. The zero-order valence-corrected chi connectivity index (χ0v) is 16.6. The largest absolute Gasteiger partial charge is 0.497 e. The first-order chi connectivity index (χ1) is 13.1. The van der Waals surface area contributed by atoms with Crippen LogP contribution in [0.2, 0.25) is 0 Å². The number of methoxy groups -OCH3 is 1. The molecule has 3 aromatic rings. The van der Waals surface area contributed by atoms with Crippen molar-refractivity contribution in [2.45, 2.75) is 25.4 Å². The van der Waals surface area contributed by atoms with Crippen LogP contribution in [-0.4, -0.2) is 34.2 Å². The van der Waals surface area contributed by atoms with Crippen LogP contribution < -0.4 is 4.74 Å². The minimum atomic E-state index is -0.0100. The molecule has 1 aliphatic rings. The molecular formula is C21H20BrN3O2. The molecule has 1 heterocycles. The highest BCUT2D eigenvalue weighted by molar-refractivity contribution is 9.10. The average Bonchev–Trinajstić information content (AvgIpc) is 3.42. The quantitative estimate of drug-likeness (QED) is 0.624. The lowest BCUT2D eigenvalue weighted by atomic mass is 10.1. The number of hydrogen-bond acceptors (Lipinski definition) is 3. The van der Waals surface area contributed by atoms with Crippen molar-refractivity contribution in [3.8, 4) is 17.0 Å². The van der Waals surface area contributed by atoms with E-state index in [4.69, 9.17) is 4.74 Å². The number of nitrogens with zero attached hydrogens (tertiary/aromatic N) is 2. The zero-order chi connectivity index (χ0) is 18.8. The van der Waals surface area contributed by atoms with Crippen LogP contribution in [0.4, 0.5) is 0 Å². The maximum Gasteiger partial charge on any atom is 0.272 e. The van der Waals surface area contributed by atoms with E-state index in [1.54, 1.807) is 7.11 Å². The van der Waals surface area contributed by atoms with Gasteiger partial charge in [-0.3, -0.25) is 9.89 Å². The standard InChI is InChI=1S/C21H20BrN3O2/c1-27-18-10-2-14(3-11-18)13-25(17-8-9-17)21(26)20-12-19(23-24-20)15-4-6-16(22)7-5-15/h2-7,10-12,17H,8-9,13H2,1H3,(H,23,24). The first kappa shape index (κ1) is 17.8. The molecule has 1 saturated carbocycles. The lowest BCUT2D eigenvalue weighted by molar-refractivity contribution is 0.0724. The predicted molar refractivity (Wildman–Crippen MR) is 108 cm³/mol. The van der Waals surface area contributed by atoms with Gasteiger partial charge in [-0.05, 0) is 48.7 Å². The van der Waals surface area contributed by atoms with Crippen molar-refractivity contribution in [1.29, 1.82) is 0 Å². The van der Waals surface area contributed by atoms with Crippen molar-refractivity contribution in [2.24, 2.45) is 0 Å². The van der Waals surface area contributed by atoms with Gasteiger partial charge in [0.25, 0.3) is 5.91 Å². The van der Waals surface area contributed by atoms with Crippen molar-refractivity contribution in [2.75, 3.05) is 7.11 Å². The van der Waals surface area contributed by atoms with Gasteiger partial charge in [0.1, 0.15) is 11.4 Å². The number of carbonyl (C=O) groups excluding carboxylic acids is 1. The normalized spacial score (nSPS) is 13.4. The summed E-state index contributed by atoms with van der Waals surface area (Å²) in [5.41, 5.74) is 3.35. The van der Waals surface area contributed by atoms with Crippen LogP contribution >= 0.6 is 15.9 Å². The molecular weight excluding hydrogens is 406 g/mol. The van der Waals surface area contributed by atoms with Gasteiger partial charge in [0, 0.05) is 22.6 Å². The molecule has 0 bridgehead atoms.